The van der Waals surface area contributed by atoms with Gasteiger partial charge in [0.1, 0.15) is 11.5 Å². The molecule has 9 nitrogen and oxygen atoms in total. The van der Waals surface area contributed by atoms with Crippen molar-refractivity contribution in [3.63, 3.8) is 0 Å². The van der Waals surface area contributed by atoms with Gasteiger partial charge in [-0.05, 0) is 54.4 Å². The molecule has 2 aliphatic rings. The number of rotatable bonds is 6. The Labute approximate surface area is 197 Å². The van der Waals surface area contributed by atoms with Crippen LogP contribution >= 0.6 is 0 Å². The Morgan fingerprint density at radius 1 is 1.21 bits per heavy atom. The molecule has 2 aromatic carbocycles. The van der Waals surface area contributed by atoms with E-state index in [0.29, 0.717) is 31.8 Å². The van der Waals surface area contributed by atoms with Crippen molar-refractivity contribution in [2.45, 2.75) is 19.0 Å². The topological polar surface area (TPSA) is 101 Å². The zero-order valence-electron chi connectivity index (χ0n) is 18.8. The number of carbonyl (C=O) groups is 1. The molecule has 0 radical (unpaired) electrons. The summed E-state index contributed by atoms with van der Waals surface area (Å²) >= 11 is 0. The molecular formula is C25H26N4O5. The quantitative estimate of drug-likeness (QED) is 0.443. The highest BCUT2D eigenvalue weighted by Crippen LogP contribution is 2.38. The first-order chi connectivity index (χ1) is 16.5. The van der Waals surface area contributed by atoms with Gasteiger partial charge in [-0.25, -0.2) is 0 Å². The molecule has 0 aliphatic carbocycles. The summed E-state index contributed by atoms with van der Waals surface area (Å²) < 4.78 is 10.6. The summed E-state index contributed by atoms with van der Waals surface area (Å²) in [5.74, 6) is 1.04. The molecule has 1 amide bonds. The predicted octanol–water partition coefficient (Wildman–Crippen LogP) is 3.38. The van der Waals surface area contributed by atoms with Crippen LogP contribution in [-0.4, -0.2) is 43.6 Å². The highest BCUT2D eigenvalue weighted by molar-refractivity contribution is 5.82. The molecule has 1 saturated heterocycles. The van der Waals surface area contributed by atoms with Crippen LogP contribution in [-0.2, 0) is 17.8 Å². The fraction of sp³-hybridized carbons (Fsp3) is 0.320. The van der Waals surface area contributed by atoms with Crippen molar-refractivity contribution in [1.29, 1.82) is 0 Å². The van der Waals surface area contributed by atoms with Crippen molar-refractivity contribution in [2.24, 2.45) is 5.92 Å². The number of ether oxygens (including phenoxy) is 1. The van der Waals surface area contributed by atoms with E-state index in [1.807, 2.05) is 36.4 Å². The van der Waals surface area contributed by atoms with Gasteiger partial charge < -0.3 is 24.3 Å². The molecule has 176 valence electrons. The van der Waals surface area contributed by atoms with Gasteiger partial charge in [0.2, 0.25) is 5.91 Å². The summed E-state index contributed by atoms with van der Waals surface area (Å²) in [4.78, 5) is 28.8. The van der Waals surface area contributed by atoms with Crippen molar-refractivity contribution in [3.05, 3.63) is 82.3 Å². The molecule has 0 unspecified atom stereocenters. The van der Waals surface area contributed by atoms with Crippen LogP contribution in [0.1, 0.15) is 11.3 Å². The van der Waals surface area contributed by atoms with E-state index in [4.69, 9.17) is 9.15 Å². The number of hydrogen-bond donors (Lipinski definition) is 1. The van der Waals surface area contributed by atoms with Crippen LogP contribution < -0.4 is 19.9 Å². The van der Waals surface area contributed by atoms with Crippen LogP contribution in [0.5, 0.6) is 5.75 Å². The molecule has 0 saturated carbocycles. The van der Waals surface area contributed by atoms with Gasteiger partial charge in [-0.1, -0.05) is 0 Å². The van der Waals surface area contributed by atoms with Crippen molar-refractivity contribution in [2.75, 3.05) is 36.5 Å². The smallest absolute Gasteiger partial charge is 0.269 e. The third kappa shape index (κ3) is 4.16. The van der Waals surface area contributed by atoms with E-state index in [-0.39, 0.29) is 28.5 Å². The molecule has 0 bridgehead atoms. The zero-order chi connectivity index (χ0) is 23.7. The Morgan fingerprint density at radius 2 is 2.03 bits per heavy atom. The van der Waals surface area contributed by atoms with Gasteiger partial charge in [-0.2, -0.15) is 0 Å². The normalized spacial score (nSPS) is 19.2. The monoisotopic (exact) mass is 462 g/mol. The van der Waals surface area contributed by atoms with Crippen molar-refractivity contribution in [1.82, 2.24) is 5.32 Å². The van der Waals surface area contributed by atoms with Gasteiger partial charge in [0.25, 0.3) is 5.69 Å². The molecule has 2 aliphatic heterocycles. The second-order valence-electron chi connectivity index (χ2n) is 8.58. The van der Waals surface area contributed by atoms with E-state index >= 15 is 0 Å². The van der Waals surface area contributed by atoms with Gasteiger partial charge in [0, 0.05) is 43.1 Å². The van der Waals surface area contributed by atoms with Crippen LogP contribution in [0.4, 0.5) is 17.1 Å². The Hall–Kier alpha value is -4.01. The largest absolute Gasteiger partial charge is 0.497 e. The number of anilines is 2. The first-order valence-corrected chi connectivity index (χ1v) is 11.3. The van der Waals surface area contributed by atoms with Gasteiger partial charge in [0.15, 0.2) is 0 Å². The number of furan rings is 1. The molecule has 3 heterocycles. The molecule has 1 N–H and O–H groups in total. The number of hydrogen-bond acceptors (Lipinski definition) is 7. The Bertz CT molecular complexity index is 1180. The summed E-state index contributed by atoms with van der Waals surface area (Å²) in [6.07, 6.45) is 2.02. The number of non-ortho nitro benzene ring substituents is 1. The van der Waals surface area contributed by atoms with Gasteiger partial charge in [-0.3, -0.25) is 14.9 Å². The molecule has 2 atom stereocenters. The lowest BCUT2D eigenvalue weighted by Crippen LogP contribution is -2.61. The number of nitrogens with one attached hydrogen (secondary N) is 1. The van der Waals surface area contributed by atoms with Crippen LogP contribution in [0.25, 0.3) is 0 Å². The van der Waals surface area contributed by atoms with Crippen molar-refractivity contribution in [3.8, 4) is 5.75 Å². The van der Waals surface area contributed by atoms with E-state index in [9.17, 15) is 14.9 Å². The summed E-state index contributed by atoms with van der Waals surface area (Å²) in [5, 5.41) is 14.3. The number of amides is 1. The second kappa shape index (κ2) is 9.09. The maximum atomic E-state index is 13.4. The Morgan fingerprint density at radius 3 is 2.74 bits per heavy atom. The van der Waals surface area contributed by atoms with Gasteiger partial charge >= 0.3 is 0 Å². The lowest BCUT2D eigenvalue weighted by Gasteiger charge is -2.49. The molecule has 0 spiro atoms. The highest BCUT2D eigenvalue weighted by atomic mass is 16.6. The number of nitro benzene ring substituents is 1. The summed E-state index contributed by atoms with van der Waals surface area (Å²) in [7, 11) is 1.64. The Kier molecular flexibility index (Phi) is 5.83. The third-order valence-electron chi connectivity index (χ3n) is 6.70. The summed E-state index contributed by atoms with van der Waals surface area (Å²) in [6.45, 7) is 2.46. The van der Waals surface area contributed by atoms with E-state index < -0.39 is 0 Å². The number of nitrogens with zero attached hydrogens (tertiary/aromatic N) is 3. The molecule has 5 rings (SSSR count). The van der Waals surface area contributed by atoms with E-state index in [1.165, 1.54) is 0 Å². The fourth-order valence-electron chi connectivity index (χ4n) is 4.97. The van der Waals surface area contributed by atoms with Crippen molar-refractivity contribution < 1.29 is 18.9 Å². The SMILES string of the molecule is COc1ccc(N2CCN3c4ccc([N+](=O)[O-])cc4C[C@H](C(=O)NCc4ccco4)[C@H]3C2)cc1. The zero-order valence-corrected chi connectivity index (χ0v) is 18.8. The molecular weight excluding hydrogens is 436 g/mol. The maximum absolute atomic E-state index is 13.4. The van der Waals surface area contributed by atoms with Crippen LogP contribution in [0.3, 0.4) is 0 Å². The van der Waals surface area contributed by atoms with Gasteiger partial charge in [-0.15, -0.1) is 0 Å². The van der Waals surface area contributed by atoms with Crippen LogP contribution in [0.2, 0.25) is 0 Å². The average molecular weight is 463 g/mol. The van der Waals surface area contributed by atoms with Crippen LogP contribution in [0, 0.1) is 16.0 Å². The molecule has 34 heavy (non-hydrogen) atoms. The minimum Gasteiger partial charge on any atom is -0.497 e. The van der Waals surface area contributed by atoms with E-state index in [0.717, 1.165) is 29.2 Å². The first kappa shape index (κ1) is 21.8. The van der Waals surface area contributed by atoms with E-state index in [1.54, 1.807) is 31.6 Å². The van der Waals surface area contributed by atoms with Crippen molar-refractivity contribution >= 4 is 23.0 Å². The lowest BCUT2D eigenvalue weighted by atomic mass is 9.83. The number of carbonyl (C=O) groups excluding carboxylic acids is 1. The van der Waals surface area contributed by atoms with Crippen LogP contribution in [0.15, 0.2) is 65.3 Å². The number of benzene rings is 2. The number of piperazine rings is 1. The molecule has 9 heteroatoms. The maximum Gasteiger partial charge on any atom is 0.269 e. The predicted molar refractivity (Wildman–Crippen MR) is 127 cm³/mol. The molecule has 3 aromatic rings. The number of methoxy groups -OCH3 is 1. The summed E-state index contributed by atoms with van der Waals surface area (Å²) in [5.41, 5.74) is 2.93. The number of nitro groups is 1. The first-order valence-electron chi connectivity index (χ1n) is 11.3. The molecule has 1 aromatic heterocycles. The summed E-state index contributed by atoms with van der Waals surface area (Å²) in [6, 6.07) is 16.4. The third-order valence-corrected chi connectivity index (χ3v) is 6.70. The Balaban J connectivity index is 1.43. The lowest BCUT2D eigenvalue weighted by molar-refractivity contribution is -0.384. The minimum atomic E-state index is -0.389. The highest BCUT2D eigenvalue weighted by Gasteiger charge is 2.42. The van der Waals surface area contributed by atoms with E-state index in [2.05, 4.69) is 15.1 Å². The molecule has 1 fully saturated rings. The second-order valence-corrected chi connectivity index (χ2v) is 8.58. The number of fused-ring (bicyclic) bond motifs is 3. The average Bonchev–Trinajstić information content (AvgIpc) is 3.40. The standard InChI is InChI=1S/C25H26N4O5/c1-33-20-7-4-18(5-8-20)27-10-11-28-23-9-6-19(29(31)32)13-17(23)14-22(24(28)16-27)25(30)26-15-21-3-2-12-34-21/h2-9,12-13,22,24H,10-11,14-16H2,1H3,(H,26,30)/t22-,24+/m0/s1. The minimum absolute atomic E-state index is 0.0452. The fourth-order valence-corrected chi connectivity index (χ4v) is 4.97. The van der Waals surface area contributed by atoms with Gasteiger partial charge in [0.05, 0.1) is 36.8 Å².